The van der Waals surface area contributed by atoms with Crippen molar-refractivity contribution in [3.63, 3.8) is 0 Å². The van der Waals surface area contributed by atoms with Crippen LogP contribution in [0, 0.1) is 5.82 Å². The van der Waals surface area contributed by atoms with Crippen LogP contribution in [0.15, 0.2) is 60.7 Å². The molecule has 3 aromatic carbocycles. The van der Waals surface area contributed by atoms with Gasteiger partial charge in [0.1, 0.15) is 12.4 Å². The predicted octanol–water partition coefficient (Wildman–Crippen LogP) is 7.01. The summed E-state index contributed by atoms with van der Waals surface area (Å²) in [5, 5.41) is 0.677. The Morgan fingerprint density at radius 3 is 2.39 bits per heavy atom. The van der Waals surface area contributed by atoms with Crippen molar-refractivity contribution >= 4 is 46.4 Å². The number of hydrogen-bond acceptors (Lipinski definition) is 2. The Morgan fingerprint density at radius 1 is 1.03 bits per heavy atom. The van der Waals surface area contributed by atoms with E-state index in [1.165, 1.54) is 12.1 Å². The number of halogens is 3. The van der Waals surface area contributed by atoms with Gasteiger partial charge in [-0.1, -0.05) is 60.5 Å². The summed E-state index contributed by atoms with van der Waals surface area (Å²) >= 11 is 12.9. The quantitative estimate of drug-likeness (QED) is 0.374. The number of anilines is 1. The molecule has 0 fully saturated rings. The summed E-state index contributed by atoms with van der Waals surface area (Å²) in [6, 6.07) is 17.2. The first-order valence-corrected chi connectivity index (χ1v) is 10.7. The number of carbonyl (C=O) groups is 1. The fraction of sp³-hybridized carbons (Fsp3) is 0.160. The average Bonchev–Trinajstić information content (AvgIpc) is 3.01. The first-order chi connectivity index (χ1) is 15.0. The minimum atomic E-state index is -0.308. The maximum atomic E-state index is 13.1. The van der Waals surface area contributed by atoms with Crippen LogP contribution in [0.3, 0.4) is 0 Å². The van der Waals surface area contributed by atoms with Gasteiger partial charge in [-0.15, -0.1) is 0 Å². The maximum Gasteiger partial charge on any atom is 0.258 e. The number of nitrogens with zero attached hydrogens (tertiary/aromatic N) is 1. The van der Waals surface area contributed by atoms with Crippen LogP contribution in [0.2, 0.25) is 10.0 Å². The molecule has 3 nitrogen and oxygen atoms in total. The molecule has 31 heavy (non-hydrogen) atoms. The third kappa shape index (κ3) is 4.46. The van der Waals surface area contributed by atoms with E-state index in [0.717, 1.165) is 23.2 Å². The van der Waals surface area contributed by atoms with Crippen LogP contribution in [0.25, 0.3) is 11.6 Å². The predicted molar refractivity (Wildman–Crippen MR) is 124 cm³/mol. The van der Waals surface area contributed by atoms with Crippen LogP contribution < -0.4 is 9.64 Å². The van der Waals surface area contributed by atoms with Crippen LogP contribution in [0.1, 0.15) is 30.0 Å². The molecule has 0 N–H and O–H groups in total. The van der Waals surface area contributed by atoms with Crippen molar-refractivity contribution in [3.8, 4) is 5.75 Å². The number of ether oxygens (including phenoxy) is 1. The molecule has 0 radical (unpaired) electrons. The van der Waals surface area contributed by atoms with Crippen molar-refractivity contribution in [1.82, 2.24) is 0 Å². The highest BCUT2D eigenvalue weighted by atomic mass is 35.5. The number of benzene rings is 3. The summed E-state index contributed by atoms with van der Waals surface area (Å²) < 4.78 is 18.8. The van der Waals surface area contributed by atoms with Gasteiger partial charge in [0.05, 0.1) is 15.7 Å². The Morgan fingerprint density at radius 2 is 1.71 bits per heavy atom. The third-order valence-electron chi connectivity index (χ3n) is 5.04. The molecule has 6 heteroatoms. The monoisotopic (exact) mass is 455 g/mol. The van der Waals surface area contributed by atoms with E-state index in [2.05, 4.69) is 0 Å². The van der Waals surface area contributed by atoms with Crippen LogP contribution in [-0.2, 0) is 11.4 Å². The van der Waals surface area contributed by atoms with E-state index in [1.807, 2.05) is 31.2 Å². The largest absolute Gasteiger partial charge is 0.486 e. The normalized spacial score (nSPS) is 14.3. The van der Waals surface area contributed by atoms with Crippen molar-refractivity contribution in [2.24, 2.45) is 0 Å². The number of amides is 1. The number of rotatable bonds is 6. The second kappa shape index (κ2) is 9.13. The van der Waals surface area contributed by atoms with E-state index in [9.17, 15) is 9.18 Å². The zero-order chi connectivity index (χ0) is 22.0. The molecule has 0 bridgehead atoms. The summed E-state index contributed by atoms with van der Waals surface area (Å²) in [4.78, 5) is 14.8. The summed E-state index contributed by atoms with van der Waals surface area (Å²) in [5.41, 5.74) is 3.92. The summed E-state index contributed by atoms with van der Waals surface area (Å²) in [6.07, 6.45) is 2.67. The van der Waals surface area contributed by atoms with Crippen molar-refractivity contribution in [2.45, 2.75) is 20.0 Å². The van der Waals surface area contributed by atoms with E-state index < -0.39 is 0 Å². The minimum absolute atomic E-state index is 0.0352. The molecule has 1 amide bonds. The standard InChI is InChI=1S/C25H20Cl2FNO2/c1-2-11-29-23-6-4-3-5-19(23)20(25(29)30)12-17-13-21(26)24(22(27)14-17)31-15-16-7-9-18(28)10-8-16/h3-10,12-14H,2,11,15H2,1H3/b20-12-. The highest BCUT2D eigenvalue weighted by molar-refractivity contribution is 6.38. The van der Waals surface area contributed by atoms with Crippen LogP contribution in [0.5, 0.6) is 5.75 Å². The van der Waals surface area contributed by atoms with Gasteiger partial charge in [0.15, 0.2) is 5.75 Å². The van der Waals surface area contributed by atoms with E-state index in [-0.39, 0.29) is 18.3 Å². The Balaban J connectivity index is 1.61. The molecular weight excluding hydrogens is 436 g/mol. The first-order valence-electron chi connectivity index (χ1n) is 9.97. The van der Waals surface area contributed by atoms with Gasteiger partial charge in [-0.3, -0.25) is 4.79 Å². The maximum absolute atomic E-state index is 13.1. The van der Waals surface area contributed by atoms with Crippen LogP contribution in [-0.4, -0.2) is 12.5 Å². The Bertz CT molecular complexity index is 1140. The van der Waals surface area contributed by atoms with Crippen molar-refractivity contribution < 1.29 is 13.9 Å². The van der Waals surface area contributed by atoms with Gasteiger partial charge >= 0.3 is 0 Å². The molecule has 1 aliphatic heterocycles. The number of hydrogen-bond donors (Lipinski definition) is 0. The van der Waals surface area contributed by atoms with Gasteiger partial charge < -0.3 is 9.64 Å². The van der Waals surface area contributed by atoms with E-state index in [1.54, 1.807) is 35.2 Å². The van der Waals surface area contributed by atoms with E-state index >= 15 is 0 Å². The average molecular weight is 456 g/mol. The third-order valence-corrected chi connectivity index (χ3v) is 5.60. The molecular formula is C25H20Cl2FNO2. The molecule has 0 saturated heterocycles. The zero-order valence-electron chi connectivity index (χ0n) is 16.9. The van der Waals surface area contributed by atoms with Crippen molar-refractivity contribution in [2.75, 3.05) is 11.4 Å². The van der Waals surface area contributed by atoms with Gasteiger partial charge in [-0.25, -0.2) is 4.39 Å². The van der Waals surface area contributed by atoms with Crippen LogP contribution in [0.4, 0.5) is 10.1 Å². The Hall–Kier alpha value is -2.82. The lowest BCUT2D eigenvalue weighted by molar-refractivity contribution is -0.113. The van der Waals surface area contributed by atoms with Crippen molar-refractivity contribution in [1.29, 1.82) is 0 Å². The lowest BCUT2D eigenvalue weighted by Gasteiger charge is -2.15. The molecule has 4 rings (SSSR count). The molecule has 1 heterocycles. The molecule has 3 aromatic rings. The lowest BCUT2D eigenvalue weighted by atomic mass is 10.0. The van der Waals surface area contributed by atoms with Gasteiger partial charge in [-0.2, -0.15) is 0 Å². The minimum Gasteiger partial charge on any atom is -0.486 e. The molecule has 158 valence electrons. The molecule has 0 aliphatic carbocycles. The summed E-state index contributed by atoms with van der Waals surface area (Å²) in [7, 11) is 0. The molecule has 0 spiro atoms. The van der Waals surface area contributed by atoms with Gasteiger partial charge in [0.2, 0.25) is 0 Å². The lowest BCUT2D eigenvalue weighted by Crippen LogP contribution is -2.26. The fourth-order valence-electron chi connectivity index (χ4n) is 3.60. The molecule has 0 aromatic heterocycles. The Labute approximate surface area is 190 Å². The van der Waals surface area contributed by atoms with Crippen LogP contribution >= 0.6 is 23.2 Å². The molecule has 0 saturated carbocycles. The molecule has 1 aliphatic rings. The first kappa shape index (κ1) is 21.4. The topological polar surface area (TPSA) is 29.5 Å². The van der Waals surface area contributed by atoms with E-state index in [4.69, 9.17) is 27.9 Å². The molecule has 0 unspecified atom stereocenters. The summed E-state index contributed by atoms with van der Waals surface area (Å²) in [6.45, 7) is 2.91. The SMILES string of the molecule is CCCN1C(=O)/C(=C\c2cc(Cl)c(OCc3ccc(F)cc3)c(Cl)c2)c2ccccc21. The van der Waals surface area contributed by atoms with Gasteiger partial charge in [0.25, 0.3) is 5.91 Å². The smallest absolute Gasteiger partial charge is 0.258 e. The summed E-state index contributed by atoms with van der Waals surface area (Å²) in [5.74, 6) is 0.00485. The van der Waals surface area contributed by atoms with Crippen molar-refractivity contribution in [3.05, 3.63) is 93.2 Å². The number of para-hydroxylation sites is 1. The molecule has 0 atom stereocenters. The number of carbonyl (C=O) groups excluding carboxylic acids is 1. The Kier molecular flexibility index (Phi) is 6.30. The second-order valence-corrected chi connectivity index (χ2v) is 8.08. The highest BCUT2D eigenvalue weighted by Crippen LogP contribution is 2.40. The second-order valence-electron chi connectivity index (χ2n) is 7.26. The highest BCUT2D eigenvalue weighted by Gasteiger charge is 2.31. The van der Waals surface area contributed by atoms with Gasteiger partial charge in [-0.05, 0) is 54.0 Å². The fourth-order valence-corrected chi connectivity index (χ4v) is 4.21. The van der Waals surface area contributed by atoms with Gasteiger partial charge in [0, 0.05) is 17.7 Å². The zero-order valence-corrected chi connectivity index (χ0v) is 18.4. The van der Waals surface area contributed by atoms with E-state index in [0.29, 0.717) is 33.5 Å². The number of fused-ring (bicyclic) bond motifs is 1.